The molecule has 0 aliphatic rings. The normalized spacial score (nSPS) is 12.2. The molecule has 1 amide bonds. The van der Waals surface area contributed by atoms with Gasteiger partial charge in [-0.2, -0.15) is 0 Å². The molecule has 0 heterocycles. The predicted molar refractivity (Wildman–Crippen MR) is 79.1 cm³/mol. The first-order valence-corrected chi connectivity index (χ1v) is 7.50. The summed E-state index contributed by atoms with van der Waals surface area (Å²) in [5, 5.41) is 3.42. The van der Waals surface area contributed by atoms with Crippen LogP contribution in [0.2, 0.25) is 5.02 Å². The van der Waals surface area contributed by atoms with Crippen LogP contribution in [0.15, 0.2) is 22.7 Å². The molecule has 0 aliphatic carbocycles. The Morgan fingerprint density at radius 3 is 2.76 bits per heavy atom. The number of hydrogen-bond acceptors (Lipinski definition) is 1. The van der Waals surface area contributed by atoms with E-state index in [4.69, 9.17) is 11.6 Å². The van der Waals surface area contributed by atoms with Crippen LogP contribution in [0.4, 0.5) is 0 Å². The Hall–Kier alpha value is -0.0600. The van der Waals surface area contributed by atoms with Gasteiger partial charge in [-0.1, -0.05) is 56.8 Å². The second kappa shape index (κ2) is 7.39. The first kappa shape index (κ1) is 15.0. The second-order valence-corrected chi connectivity index (χ2v) is 6.40. The molecule has 0 radical (unpaired) electrons. The number of carbonyl (C=O) groups excluding carboxylic acids is 1. The number of hydrogen-bond donors (Lipinski definition) is 1. The van der Waals surface area contributed by atoms with Crippen LogP contribution in [-0.4, -0.2) is 17.3 Å². The third-order valence-electron chi connectivity index (χ3n) is 2.21. The monoisotopic (exact) mass is 381 g/mol. The average Bonchev–Trinajstić information content (AvgIpc) is 2.25. The molecule has 1 aromatic rings. The van der Waals surface area contributed by atoms with E-state index in [1.165, 1.54) is 0 Å². The van der Waals surface area contributed by atoms with E-state index in [-0.39, 0.29) is 5.91 Å². The Kier molecular flexibility index (Phi) is 6.52. The van der Waals surface area contributed by atoms with Crippen molar-refractivity contribution in [1.29, 1.82) is 0 Å². The van der Waals surface area contributed by atoms with Crippen molar-refractivity contribution in [3.05, 3.63) is 33.3 Å². The van der Waals surface area contributed by atoms with Crippen LogP contribution in [0.5, 0.6) is 0 Å². The van der Waals surface area contributed by atoms with Crippen LogP contribution in [0, 0.1) is 0 Å². The maximum absolute atomic E-state index is 11.8. The smallest absolute Gasteiger partial charge is 0.251 e. The molecule has 1 unspecified atom stereocenters. The Morgan fingerprint density at radius 1 is 1.47 bits per heavy atom. The highest BCUT2D eigenvalue weighted by Crippen LogP contribution is 2.19. The number of nitrogens with one attached hydrogen (secondary N) is 1. The Morgan fingerprint density at radius 2 is 2.18 bits per heavy atom. The molecule has 1 rings (SSSR count). The van der Waals surface area contributed by atoms with Crippen molar-refractivity contribution in [2.24, 2.45) is 0 Å². The summed E-state index contributed by atoms with van der Waals surface area (Å²) in [4.78, 5) is 12.2. The van der Waals surface area contributed by atoms with Crippen LogP contribution in [-0.2, 0) is 0 Å². The summed E-state index contributed by atoms with van der Waals surface area (Å²) in [6, 6.07) is 5.16. The molecular weight excluding hydrogens is 369 g/mol. The van der Waals surface area contributed by atoms with Crippen molar-refractivity contribution in [1.82, 2.24) is 5.32 Å². The van der Waals surface area contributed by atoms with Crippen molar-refractivity contribution in [3.63, 3.8) is 0 Å². The van der Waals surface area contributed by atoms with E-state index < -0.39 is 0 Å². The van der Waals surface area contributed by atoms with Gasteiger partial charge in [-0.15, -0.1) is 0 Å². The average molecular weight is 384 g/mol. The summed E-state index contributed by atoms with van der Waals surface area (Å²) < 4.78 is 0.805. The zero-order chi connectivity index (χ0) is 12.8. The molecule has 0 saturated heterocycles. The van der Waals surface area contributed by atoms with Crippen LogP contribution in [0.25, 0.3) is 0 Å². The first-order chi connectivity index (χ1) is 8.02. The number of halogens is 3. The molecule has 17 heavy (non-hydrogen) atoms. The number of rotatable bonds is 5. The van der Waals surface area contributed by atoms with Gasteiger partial charge in [0, 0.05) is 26.4 Å². The highest BCUT2D eigenvalue weighted by atomic mass is 79.9. The second-order valence-electron chi connectivity index (χ2n) is 3.75. The molecule has 0 saturated carbocycles. The van der Waals surface area contributed by atoms with Gasteiger partial charge < -0.3 is 5.32 Å². The molecule has 94 valence electrons. The summed E-state index contributed by atoms with van der Waals surface area (Å²) in [5.41, 5.74) is 0.570. The first-order valence-electron chi connectivity index (χ1n) is 5.41. The van der Waals surface area contributed by atoms with Crippen molar-refractivity contribution in [2.45, 2.75) is 24.6 Å². The molecule has 1 N–H and O–H groups in total. The molecule has 0 spiro atoms. The fourth-order valence-corrected chi connectivity index (χ4v) is 2.89. The van der Waals surface area contributed by atoms with Gasteiger partial charge in [0.1, 0.15) is 0 Å². The lowest BCUT2D eigenvalue weighted by molar-refractivity contribution is 0.0953. The lowest BCUT2D eigenvalue weighted by atomic mass is 10.2. The number of benzene rings is 1. The highest BCUT2D eigenvalue weighted by Gasteiger charge is 2.09. The Balaban J connectivity index is 2.58. The van der Waals surface area contributed by atoms with E-state index >= 15 is 0 Å². The lowest BCUT2D eigenvalue weighted by Gasteiger charge is -2.10. The zero-order valence-electron chi connectivity index (χ0n) is 9.47. The van der Waals surface area contributed by atoms with Gasteiger partial charge >= 0.3 is 0 Å². The van der Waals surface area contributed by atoms with Crippen LogP contribution >= 0.6 is 43.5 Å². The topological polar surface area (TPSA) is 29.1 Å². The SMILES string of the molecule is CCCC(Br)CNC(=O)c1cc(Cl)cc(Br)c1. The minimum Gasteiger partial charge on any atom is -0.351 e. The highest BCUT2D eigenvalue weighted by molar-refractivity contribution is 9.10. The maximum atomic E-state index is 11.8. The number of amides is 1. The summed E-state index contributed by atoms with van der Waals surface area (Å²) in [6.45, 7) is 2.74. The molecule has 0 bridgehead atoms. The largest absolute Gasteiger partial charge is 0.351 e. The van der Waals surface area contributed by atoms with Crippen molar-refractivity contribution < 1.29 is 4.79 Å². The van der Waals surface area contributed by atoms with E-state index in [0.29, 0.717) is 22.0 Å². The fraction of sp³-hybridized carbons (Fsp3) is 0.417. The van der Waals surface area contributed by atoms with E-state index in [9.17, 15) is 4.79 Å². The predicted octanol–water partition coefficient (Wildman–Crippen LogP) is 4.40. The molecule has 1 atom stereocenters. The minimum atomic E-state index is -0.103. The van der Waals surface area contributed by atoms with Gasteiger partial charge in [0.2, 0.25) is 0 Å². The molecule has 2 nitrogen and oxygen atoms in total. The van der Waals surface area contributed by atoms with E-state index in [2.05, 4.69) is 44.1 Å². The standard InChI is InChI=1S/C12H14Br2ClNO/c1-2-3-9(13)7-16-12(17)8-4-10(14)6-11(15)5-8/h4-6,9H,2-3,7H2,1H3,(H,16,17). The summed E-state index contributed by atoms with van der Waals surface area (Å²) in [5.74, 6) is -0.103. The molecule has 0 fully saturated rings. The Labute approximate surface area is 123 Å². The van der Waals surface area contributed by atoms with Crippen LogP contribution in [0.3, 0.4) is 0 Å². The van der Waals surface area contributed by atoms with Gasteiger partial charge in [-0.25, -0.2) is 0 Å². The molecular formula is C12H14Br2ClNO. The van der Waals surface area contributed by atoms with Gasteiger partial charge in [-0.05, 0) is 24.6 Å². The molecule has 0 aromatic heterocycles. The molecule has 0 aliphatic heterocycles. The number of carbonyl (C=O) groups is 1. The van der Waals surface area contributed by atoms with Gasteiger partial charge in [-0.3, -0.25) is 4.79 Å². The van der Waals surface area contributed by atoms with Gasteiger partial charge in [0.25, 0.3) is 5.91 Å². The van der Waals surface area contributed by atoms with Crippen LogP contribution < -0.4 is 5.32 Å². The van der Waals surface area contributed by atoms with Gasteiger partial charge in [0.15, 0.2) is 0 Å². The quantitative estimate of drug-likeness (QED) is 0.751. The maximum Gasteiger partial charge on any atom is 0.251 e. The summed E-state index contributed by atoms with van der Waals surface area (Å²) >= 11 is 12.7. The summed E-state index contributed by atoms with van der Waals surface area (Å²) in [7, 11) is 0. The Bertz CT molecular complexity index is 378. The number of alkyl halides is 1. The molecule has 5 heteroatoms. The van der Waals surface area contributed by atoms with Crippen molar-refractivity contribution in [3.8, 4) is 0 Å². The van der Waals surface area contributed by atoms with Gasteiger partial charge in [0.05, 0.1) is 0 Å². The van der Waals surface area contributed by atoms with E-state index in [0.717, 1.165) is 17.3 Å². The minimum absolute atomic E-state index is 0.103. The van der Waals surface area contributed by atoms with E-state index in [1.54, 1.807) is 18.2 Å². The molecule has 1 aromatic carbocycles. The van der Waals surface area contributed by atoms with E-state index in [1.807, 2.05) is 0 Å². The van der Waals surface area contributed by atoms with Crippen molar-refractivity contribution in [2.75, 3.05) is 6.54 Å². The fourth-order valence-electron chi connectivity index (χ4n) is 1.41. The zero-order valence-corrected chi connectivity index (χ0v) is 13.4. The third-order valence-corrected chi connectivity index (χ3v) is 3.67. The lowest BCUT2D eigenvalue weighted by Crippen LogP contribution is -2.29. The third kappa shape index (κ3) is 5.40. The van der Waals surface area contributed by atoms with Crippen LogP contribution in [0.1, 0.15) is 30.1 Å². The van der Waals surface area contributed by atoms with Crippen molar-refractivity contribution >= 4 is 49.4 Å². The summed E-state index contributed by atoms with van der Waals surface area (Å²) in [6.07, 6.45) is 2.13.